The third-order valence-electron chi connectivity index (χ3n) is 5.76. The van der Waals surface area contributed by atoms with Crippen LogP contribution in [0.4, 0.5) is 0 Å². The van der Waals surface area contributed by atoms with Crippen LogP contribution in [0.3, 0.4) is 0 Å². The van der Waals surface area contributed by atoms with Crippen LogP contribution in [0.1, 0.15) is 31.2 Å². The number of piperazine rings is 1. The molecule has 2 aliphatic heterocycles. The molecule has 1 atom stereocenters. The number of aliphatic hydroxyl groups is 1. The van der Waals surface area contributed by atoms with Crippen molar-refractivity contribution in [3.05, 3.63) is 29.8 Å². The summed E-state index contributed by atoms with van der Waals surface area (Å²) in [5.74, 6) is 1.02. The van der Waals surface area contributed by atoms with Gasteiger partial charge in [-0.2, -0.15) is 0 Å². The van der Waals surface area contributed by atoms with Gasteiger partial charge in [0, 0.05) is 44.3 Å². The van der Waals surface area contributed by atoms with Crippen molar-refractivity contribution in [1.82, 2.24) is 14.7 Å². The third-order valence-corrected chi connectivity index (χ3v) is 5.76. The molecule has 0 saturated carbocycles. The minimum absolute atomic E-state index is 0.224. The van der Waals surface area contributed by atoms with Crippen molar-refractivity contribution in [2.75, 3.05) is 59.5 Å². The first-order valence-corrected chi connectivity index (χ1v) is 10.2. The van der Waals surface area contributed by atoms with Gasteiger partial charge in [0.1, 0.15) is 5.75 Å². The smallest absolute Gasteiger partial charge is 0.123 e. The number of para-hydroxylation sites is 1. The summed E-state index contributed by atoms with van der Waals surface area (Å²) >= 11 is 0. The molecule has 0 aliphatic carbocycles. The van der Waals surface area contributed by atoms with E-state index in [1.807, 2.05) is 0 Å². The lowest BCUT2D eigenvalue weighted by molar-refractivity contribution is 0.0535. The summed E-state index contributed by atoms with van der Waals surface area (Å²) in [6.07, 6.45) is 5.19. The first-order valence-electron chi connectivity index (χ1n) is 10.2. The number of nitrogens with zero attached hydrogens (tertiary/aromatic N) is 3. The van der Waals surface area contributed by atoms with E-state index >= 15 is 0 Å². The van der Waals surface area contributed by atoms with Crippen molar-refractivity contribution in [3.63, 3.8) is 0 Å². The fourth-order valence-electron chi connectivity index (χ4n) is 4.02. The largest absolute Gasteiger partial charge is 0.493 e. The summed E-state index contributed by atoms with van der Waals surface area (Å²) < 4.78 is 6.13. The van der Waals surface area contributed by atoms with Gasteiger partial charge in [-0.1, -0.05) is 24.6 Å². The second-order valence-electron chi connectivity index (χ2n) is 7.76. The molecule has 0 aromatic heterocycles. The molecule has 1 N–H and O–H groups in total. The molecule has 5 heteroatoms. The van der Waals surface area contributed by atoms with E-state index in [4.69, 9.17) is 4.74 Å². The molecule has 5 nitrogen and oxygen atoms in total. The molecule has 1 aromatic carbocycles. The van der Waals surface area contributed by atoms with E-state index in [-0.39, 0.29) is 12.6 Å². The quantitative estimate of drug-likeness (QED) is 0.718. The Morgan fingerprint density at radius 1 is 1.04 bits per heavy atom. The molecule has 0 unspecified atom stereocenters. The first kappa shape index (κ1) is 19.6. The van der Waals surface area contributed by atoms with Gasteiger partial charge in [-0.3, -0.25) is 9.80 Å². The third kappa shape index (κ3) is 5.68. The highest BCUT2D eigenvalue weighted by Crippen LogP contribution is 2.21. The molecule has 2 heterocycles. The topological polar surface area (TPSA) is 39.2 Å². The van der Waals surface area contributed by atoms with E-state index in [1.165, 1.54) is 37.9 Å². The molecule has 26 heavy (non-hydrogen) atoms. The minimum Gasteiger partial charge on any atom is -0.493 e. The predicted molar refractivity (Wildman–Crippen MR) is 106 cm³/mol. The van der Waals surface area contributed by atoms with E-state index in [0.717, 1.165) is 51.5 Å². The molecule has 3 rings (SSSR count). The van der Waals surface area contributed by atoms with Gasteiger partial charge >= 0.3 is 0 Å². The molecule has 0 spiro atoms. The number of likely N-dealkylation sites (N-methyl/N-ethyl adjacent to an activating group) is 1. The van der Waals surface area contributed by atoms with Gasteiger partial charge in [0.15, 0.2) is 0 Å². The zero-order chi connectivity index (χ0) is 18.2. The number of benzene rings is 1. The van der Waals surface area contributed by atoms with Crippen LogP contribution in [-0.4, -0.2) is 85.4 Å². The molecular weight excluding hydrogens is 326 g/mol. The second kappa shape index (κ2) is 10.3. The van der Waals surface area contributed by atoms with Crippen LogP contribution >= 0.6 is 0 Å². The average molecular weight is 362 g/mol. The number of hydrogen-bond acceptors (Lipinski definition) is 5. The van der Waals surface area contributed by atoms with E-state index in [9.17, 15) is 5.11 Å². The Morgan fingerprint density at radius 2 is 1.85 bits per heavy atom. The Hall–Kier alpha value is -1.14. The zero-order valence-corrected chi connectivity index (χ0v) is 16.3. The Labute approximate surface area is 158 Å². The average Bonchev–Trinajstić information content (AvgIpc) is 2.68. The summed E-state index contributed by atoms with van der Waals surface area (Å²) in [7, 11) is 2.09. The van der Waals surface area contributed by atoms with E-state index < -0.39 is 0 Å². The van der Waals surface area contributed by atoms with E-state index in [2.05, 4.69) is 46.0 Å². The second-order valence-corrected chi connectivity index (χ2v) is 7.76. The lowest BCUT2D eigenvalue weighted by Crippen LogP contribution is -2.52. The zero-order valence-electron chi connectivity index (χ0n) is 16.3. The standard InChI is InChI=1S/C21H35N3O2/c1-22-13-14-24(17-20(22)18-25)16-19-8-3-4-9-21(19)26-15-7-12-23-10-5-2-6-11-23/h3-4,8-9,20,25H,2,5-7,10-18H2,1H3/t20-/m0/s1. The number of hydrogen-bond donors (Lipinski definition) is 1. The number of ether oxygens (including phenoxy) is 1. The van der Waals surface area contributed by atoms with Crippen LogP contribution in [0.2, 0.25) is 0 Å². The van der Waals surface area contributed by atoms with Crippen LogP contribution in [0.25, 0.3) is 0 Å². The molecule has 2 fully saturated rings. The molecule has 146 valence electrons. The van der Waals surface area contributed by atoms with Gasteiger partial charge in [0.25, 0.3) is 0 Å². The molecule has 2 aliphatic rings. The lowest BCUT2D eigenvalue weighted by atomic mass is 10.1. The van der Waals surface area contributed by atoms with Crippen LogP contribution in [0.5, 0.6) is 5.75 Å². The van der Waals surface area contributed by atoms with Crippen LogP contribution < -0.4 is 4.74 Å². The van der Waals surface area contributed by atoms with Gasteiger partial charge < -0.3 is 14.7 Å². The minimum atomic E-state index is 0.224. The number of likely N-dealkylation sites (tertiary alicyclic amines) is 1. The Morgan fingerprint density at radius 3 is 2.65 bits per heavy atom. The summed E-state index contributed by atoms with van der Waals surface area (Å²) in [6.45, 7) is 8.53. The van der Waals surface area contributed by atoms with Crippen molar-refractivity contribution in [2.24, 2.45) is 0 Å². The highest BCUT2D eigenvalue weighted by atomic mass is 16.5. The lowest BCUT2D eigenvalue weighted by Gasteiger charge is -2.38. The summed E-state index contributed by atoms with van der Waals surface area (Å²) in [5, 5.41) is 9.55. The normalized spacial score (nSPS) is 23.2. The fraction of sp³-hybridized carbons (Fsp3) is 0.714. The van der Waals surface area contributed by atoms with Crippen molar-refractivity contribution in [3.8, 4) is 5.75 Å². The summed E-state index contributed by atoms with van der Waals surface area (Å²) in [4.78, 5) is 7.24. The van der Waals surface area contributed by atoms with Crippen LogP contribution in [0, 0.1) is 0 Å². The van der Waals surface area contributed by atoms with Crippen LogP contribution in [0.15, 0.2) is 24.3 Å². The summed E-state index contributed by atoms with van der Waals surface area (Å²) in [5.41, 5.74) is 1.26. The van der Waals surface area contributed by atoms with Gasteiger partial charge in [-0.05, 0) is 45.5 Å². The maximum Gasteiger partial charge on any atom is 0.123 e. The van der Waals surface area contributed by atoms with Crippen molar-refractivity contribution in [2.45, 2.75) is 38.3 Å². The van der Waals surface area contributed by atoms with E-state index in [0.29, 0.717) is 0 Å². The fourth-order valence-corrected chi connectivity index (χ4v) is 4.02. The van der Waals surface area contributed by atoms with Gasteiger partial charge in [0.2, 0.25) is 0 Å². The first-order chi connectivity index (χ1) is 12.8. The molecular formula is C21H35N3O2. The predicted octanol–water partition coefficient (Wildman–Crippen LogP) is 2.05. The maximum absolute atomic E-state index is 9.55. The number of aliphatic hydroxyl groups excluding tert-OH is 1. The number of rotatable bonds is 8. The molecule has 2 saturated heterocycles. The van der Waals surface area contributed by atoms with Crippen molar-refractivity contribution in [1.29, 1.82) is 0 Å². The van der Waals surface area contributed by atoms with Crippen molar-refractivity contribution < 1.29 is 9.84 Å². The Bertz CT molecular complexity index is 534. The highest BCUT2D eigenvalue weighted by molar-refractivity contribution is 5.33. The van der Waals surface area contributed by atoms with Gasteiger partial charge in [-0.15, -0.1) is 0 Å². The summed E-state index contributed by atoms with van der Waals surface area (Å²) in [6, 6.07) is 8.66. The molecule has 0 amide bonds. The van der Waals surface area contributed by atoms with Crippen LogP contribution in [-0.2, 0) is 6.54 Å². The monoisotopic (exact) mass is 361 g/mol. The highest BCUT2D eigenvalue weighted by Gasteiger charge is 2.24. The van der Waals surface area contributed by atoms with Gasteiger partial charge in [-0.25, -0.2) is 0 Å². The SMILES string of the molecule is CN1CCN(Cc2ccccc2OCCCN2CCCCC2)C[C@H]1CO. The molecule has 0 radical (unpaired) electrons. The molecule has 1 aromatic rings. The van der Waals surface area contributed by atoms with Gasteiger partial charge in [0.05, 0.1) is 13.2 Å². The Balaban J connectivity index is 1.46. The number of piperidine rings is 1. The Kier molecular flexibility index (Phi) is 7.74. The van der Waals surface area contributed by atoms with E-state index in [1.54, 1.807) is 0 Å². The molecule has 0 bridgehead atoms. The maximum atomic E-state index is 9.55. The van der Waals surface area contributed by atoms with Crippen molar-refractivity contribution >= 4 is 0 Å².